The minimum absolute atomic E-state index is 0.0178. The highest BCUT2D eigenvalue weighted by Crippen LogP contribution is 2.44. The van der Waals surface area contributed by atoms with Crippen LogP contribution in [-0.4, -0.2) is 102 Å². The Morgan fingerprint density at radius 1 is 0.742 bits per heavy atom. The van der Waals surface area contributed by atoms with Crippen molar-refractivity contribution in [1.29, 1.82) is 0 Å². The van der Waals surface area contributed by atoms with Gasteiger partial charge in [0.15, 0.2) is 0 Å². The van der Waals surface area contributed by atoms with Crippen molar-refractivity contribution in [1.82, 2.24) is 26.2 Å². The summed E-state index contributed by atoms with van der Waals surface area (Å²) in [4.78, 5) is 87.5. The van der Waals surface area contributed by atoms with Gasteiger partial charge < -0.3 is 34.5 Å². The summed E-state index contributed by atoms with van der Waals surface area (Å²) in [6.45, 7) is 23.3. The first-order valence-electron chi connectivity index (χ1n) is 22.9. The summed E-state index contributed by atoms with van der Waals surface area (Å²) in [7, 11) is 0. The maximum Gasteiger partial charge on any atom is 0.414 e. The Balaban J connectivity index is 1.58. The fourth-order valence-electron chi connectivity index (χ4n) is 7.97. The number of carbonyl (C=O) groups is 6. The number of amides is 5. The summed E-state index contributed by atoms with van der Waals surface area (Å²) >= 11 is 0. The normalized spacial score (nSPS) is 17.5. The number of alkyl carbamates (subject to hydrolysis) is 3. The van der Waals surface area contributed by atoms with Crippen LogP contribution in [0.3, 0.4) is 0 Å². The first kappa shape index (κ1) is 52.7. The molecule has 0 aromatic heterocycles. The van der Waals surface area contributed by atoms with Crippen molar-refractivity contribution in [3.63, 3.8) is 0 Å². The highest BCUT2D eigenvalue weighted by Gasteiger charge is 2.45. The lowest BCUT2D eigenvalue weighted by molar-refractivity contribution is -0.159. The molecule has 2 aromatic carbocycles. The molecule has 16 nitrogen and oxygen atoms in total. The van der Waals surface area contributed by atoms with E-state index in [-0.39, 0.29) is 43.9 Å². The number of allylic oxidation sites excluding steroid dienone is 1. The second-order valence-corrected chi connectivity index (χ2v) is 20.3. The van der Waals surface area contributed by atoms with E-state index in [1.165, 1.54) is 4.90 Å². The van der Waals surface area contributed by atoms with Crippen molar-refractivity contribution in [2.24, 2.45) is 16.8 Å². The first-order chi connectivity index (χ1) is 30.8. The van der Waals surface area contributed by atoms with Crippen LogP contribution in [-0.2, 0) is 33.3 Å². The lowest BCUT2D eigenvalue weighted by atomic mass is 9.96. The van der Waals surface area contributed by atoms with Crippen molar-refractivity contribution >= 4 is 42.0 Å². The predicted molar refractivity (Wildman–Crippen MR) is 253 cm³/mol. The Bertz CT molecular complexity index is 2050. The third-order valence-corrected chi connectivity index (χ3v) is 10.7. The highest BCUT2D eigenvalue weighted by atomic mass is 16.6. The Morgan fingerprint density at radius 2 is 1.27 bits per heavy atom. The van der Waals surface area contributed by atoms with E-state index in [9.17, 15) is 28.8 Å². The number of guanidine groups is 1. The van der Waals surface area contributed by atoms with Gasteiger partial charge in [0.1, 0.15) is 41.5 Å². The van der Waals surface area contributed by atoms with E-state index < -0.39 is 76.9 Å². The van der Waals surface area contributed by atoms with Gasteiger partial charge in [-0.1, -0.05) is 75.4 Å². The van der Waals surface area contributed by atoms with Gasteiger partial charge in [0.25, 0.3) is 0 Å². The van der Waals surface area contributed by atoms with Crippen molar-refractivity contribution in [3.8, 4) is 11.1 Å². The number of hydrogen-bond acceptors (Lipinski definition) is 11. The fourth-order valence-corrected chi connectivity index (χ4v) is 7.97. The first-order valence-corrected chi connectivity index (χ1v) is 22.9. The predicted octanol–water partition coefficient (Wildman–Crippen LogP) is 8.14. The van der Waals surface area contributed by atoms with Crippen LogP contribution in [0.1, 0.15) is 133 Å². The molecule has 1 fully saturated rings. The molecule has 0 radical (unpaired) electrons. The Kier molecular flexibility index (Phi) is 18.0. The second-order valence-electron chi connectivity index (χ2n) is 20.3. The molecule has 0 bridgehead atoms. The molecule has 4 rings (SSSR count). The van der Waals surface area contributed by atoms with Gasteiger partial charge in [0.2, 0.25) is 17.8 Å². The number of rotatable bonds is 14. The minimum Gasteiger partial charge on any atom is -0.458 e. The second kappa shape index (κ2) is 22.5. The van der Waals surface area contributed by atoms with Crippen molar-refractivity contribution in [2.45, 2.75) is 157 Å². The van der Waals surface area contributed by atoms with Gasteiger partial charge in [0.05, 0.1) is 0 Å². The molecule has 4 N–H and O–H groups in total. The van der Waals surface area contributed by atoms with Crippen molar-refractivity contribution in [2.75, 3.05) is 19.7 Å². The molecular formula is C50H72N6O10. The summed E-state index contributed by atoms with van der Waals surface area (Å²) in [5.41, 5.74) is 2.61. The van der Waals surface area contributed by atoms with E-state index in [0.717, 1.165) is 27.8 Å². The van der Waals surface area contributed by atoms with E-state index in [1.807, 2.05) is 82.3 Å². The minimum atomic E-state index is -1.14. The number of nitrogens with zero attached hydrogens (tertiary/aromatic N) is 2. The summed E-state index contributed by atoms with van der Waals surface area (Å²) < 4.78 is 22.3. The molecule has 2 aromatic rings. The molecule has 0 unspecified atom stereocenters. The smallest absolute Gasteiger partial charge is 0.414 e. The van der Waals surface area contributed by atoms with Crippen LogP contribution in [0, 0.1) is 11.8 Å². The molecule has 1 aliphatic heterocycles. The maximum absolute atomic E-state index is 14.8. The zero-order chi connectivity index (χ0) is 49.1. The number of esters is 1. The van der Waals surface area contributed by atoms with Gasteiger partial charge in [-0.2, -0.15) is 0 Å². The highest BCUT2D eigenvalue weighted by molar-refractivity contribution is 6.01. The van der Waals surface area contributed by atoms with Crippen molar-refractivity contribution < 1.29 is 47.7 Å². The average Bonchev–Trinajstić information content (AvgIpc) is 3.70. The standard InChI is InChI=1S/C50H72N6O10/c1-14-32-28-56(40(31(32)4)41(57)52-39(27-30(2)3)43(59)64-48(5,6)7)42(58)38(53-45(60)63-29-37-35-23-17-15-21-33(35)34-22-16-18-24-36(34)37)25-19-20-26-51-44(54-46(61)65-49(8,9)10)55-47(62)66-50(11,12)13/h14-18,21-24,30-31,37-40H,19-20,25-29H2,1-13H3,(H,52,57)(H,53,60)(H2,51,54,55,61,62)/b32-14+/t31-,38-,39-,40+/m0/s1. The molecule has 362 valence electrons. The molecule has 1 aliphatic carbocycles. The van der Waals surface area contributed by atoms with E-state index in [2.05, 4.69) is 26.3 Å². The number of likely N-dealkylation sites (tertiary alicyclic amines) is 1. The number of aliphatic imine (C=N–C) groups is 1. The lowest BCUT2D eigenvalue weighted by Crippen LogP contribution is -2.57. The molecule has 1 saturated heterocycles. The molecule has 5 amide bonds. The monoisotopic (exact) mass is 917 g/mol. The number of fused-ring (bicyclic) bond motifs is 3. The zero-order valence-corrected chi connectivity index (χ0v) is 41.1. The van der Waals surface area contributed by atoms with Gasteiger partial charge >= 0.3 is 24.2 Å². The van der Waals surface area contributed by atoms with E-state index in [0.29, 0.717) is 19.3 Å². The number of nitrogens with one attached hydrogen (secondary N) is 4. The summed E-state index contributed by atoms with van der Waals surface area (Å²) in [5.74, 6) is -2.36. The molecular weight excluding hydrogens is 845 g/mol. The average molecular weight is 917 g/mol. The SMILES string of the molecule is C/C=C1\CN(C(=O)[C@H](CCCCN=C(NC(=O)OC(C)(C)C)NC(=O)OC(C)(C)C)NC(=O)OCC2c3ccccc3-c3ccccc32)[C@@H](C(=O)N[C@@H](CC(C)C)C(=O)OC(C)(C)C)[C@H]1C. The number of hydrogen-bond donors (Lipinski definition) is 4. The van der Waals surface area contributed by atoms with Crippen molar-refractivity contribution in [3.05, 3.63) is 71.3 Å². The summed E-state index contributed by atoms with van der Waals surface area (Å²) in [6, 6.07) is 12.8. The van der Waals surface area contributed by atoms with Crippen LogP contribution >= 0.6 is 0 Å². The molecule has 1 heterocycles. The van der Waals surface area contributed by atoms with Gasteiger partial charge in [-0.05, 0) is 129 Å². The van der Waals surface area contributed by atoms with Crippen LogP contribution in [0.5, 0.6) is 0 Å². The Labute approximate surface area is 390 Å². The maximum atomic E-state index is 14.8. The number of carbonyl (C=O) groups excluding carboxylic acids is 6. The van der Waals surface area contributed by atoms with Crippen LogP contribution in [0.15, 0.2) is 65.2 Å². The molecule has 66 heavy (non-hydrogen) atoms. The number of ether oxygens (including phenoxy) is 4. The lowest BCUT2D eigenvalue weighted by Gasteiger charge is -2.31. The summed E-state index contributed by atoms with van der Waals surface area (Å²) in [5, 5.41) is 10.6. The van der Waals surface area contributed by atoms with Crippen LogP contribution in [0.25, 0.3) is 11.1 Å². The molecule has 4 atom stereocenters. The van der Waals surface area contributed by atoms with Gasteiger partial charge in [-0.15, -0.1) is 0 Å². The topological polar surface area (TPSA) is 203 Å². The van der Waals surface area contributed by atoms with E-state index in [1.54, 1.807) is 62.3 Å². The third-order valence-electron chi connectivity index (χ3n) is 10.7. The Hall–Kier alpha value is -5.93. The van der Waals surface area contributed by atoms with E-state index in [4.69, 9.17) is 18.9 Å². The van der Waals surface area contributed by atoms with Crippen LogP contribution in [0.4, 0.5) is 14.4 Å². The van der Waals surface area contributed by atoms with Gasteiger partial charge in [-0.3, -0.25) is 25.2 Å². The molecule has 0 spiro atoms. The molecule has 16 heteroatoms. The Morgan fingerprint density at radius 3 is 1.77 bits per heavy atom. The molecule has 0 saturated carbocycles. The van der Waals surface area contributed by atoms with Crippen LogP contribution in [0.2, 0.25) is 0 Å². The van der Waals surface area contributed by atoms with E-state index >= 15 is 0 Å². The third kappa shape index (κ3) is 15.6. The quantitative estimate of drug-likeness (QED) is 0.0358. The largest absolute Gasteiger partial charge is 0.458 e. The zero-order valence-electron chi connectivity index (χ0n) is 41.1. The molecule has 2 aliphatic rings. The van der Waals surface area contributed by atoms with Gasteiger partial charge in [0, 0.05) is 24.9 Å². The summed E-state index contributed by atoms with van der Waals surface area (Å²) in [6.07, 6.45) is 0.513. The number of unbranched alkanes of at least 4 members (excludes halogenated alkanes) is 1. The number of benzene rings is 2. The van der Waals surface area contributed by atoms with Crippen LogP contribution < -0.4 is 21.3 Å². The van der Waals surface area contributed by atoms with Gasteiger partial charge in [-0.25, -0.2) is 19.2 Å². The fraction of sp³-hybridized carbons (Fsp3) is 0.580.